The van der Waals surface area contributed by atoms with Gasteiger partial charge in [-0.2, -0.15) is 0 Å². The molecule has 0 aromatic heterocycles. The fourth-order valence-corrected chi connectivity index (χ4v) is 1.56. The van der Waals surface area contributed by atoms with Crippen LogP contribution in [0.15, 0.2) is 0 Å². The first kappa shape index (κ1) is 8.02. The lowest BCUT2D eigenvalue weighted by Crippen LogP contribution is -2.58. The minimum Gasteiger partial charge on any atom is -0.300 e. The molecule has 0 saturated carbocycles. The molecule has 0 amide bonds. The van der Waals surface area contributed by atoms with Crippen molar-refractivity contribution in [2.45, 2.75) is 38.8 Å². The van der Waals surface area contributed by atoms with Gasteiger partial charge in [-0.3, -0.25) is 10.6 Å². The molecular weight excluding hydrogens is 124 g/mol. The Hall–Kier alpha value is -0.0800. The predicted octanol–water partition coefficient (Wildman–Crippen LogP) is 1.09. The Morgan fingerprint density at radius 2 is 1.90 bits per heavy atom. The summed E-state index contributed by atoms with van der Waals surface area (Å²) in [6, 6.07) is 0. The third kappa shape index (κ3) is 1.96. The molecule has 0 bridgehead atoms. The second kappa shape index (κ2) is 3.35. The SMILES string of the molecule is CCCC1(C)NCCCN1. The molecule has 1 saturated heterocycles. The number of nitrogens with one attached hydrogen (secondary N) is 2. The van der Waals surface area contributed by atoms with Crippen molar-refractivity contribution in [3.63, 3.8) is 0 Å². The van der Waals surface area contributed by atoms with Gasteiger partial charge in [-0.05, 0) is 32.9 Å². The molecule has 2 nitrogen and oxygen atoms in total. The molecule has 2 heteroatoms. The van der Waals surface area contributed by atoms with Gasteiger partial charge in [0.05, 0.1) is 5.66 Å². The molecule has 0 aliphatic carbocycles. The maximum Gasteiger partial charge on any atom is 0.0658 e. The molecule has 1 aliphatic heterocycles. The lowest BCUT2D eigenvalue weighted by molar-refractivity contribution is 0.226. The molecule has 0 spiro atoms. The van der Waals surface area contributed by atoms with Crippen molar-refractivity contribution in [3.05, 3.63) is 0 Å². The van der Waals surface area contributed by atoms with E-state index in [9.17, 15) is 0 Å². The molecule has 0 aromatic rings. The van der Waals surface area contributed by atoms with Gasteiger partial charge < -0.3 is 0 Å². The smallest absolute Gasteiger partial charge is 0.0658 e. The van der Waals surface area contributed by atoms with Crippen molar-refractivity contribution >= 4 is 0 Å². The molecule has 1 aliphatic rings. The summed E-state index contributed by atoms with van der Waals surface area (Å²) < 4.78 is 0. The Kier molecular flexibility index (Phi) is 2.69. The minimum atomic E-state index is 0.229. The van der Waals surface area contributed by atoms with Gasteiger partial charge >= 0.3 is 0 Å². The quantitative estimate of drug-likeness (QED) is 0.603. The van der Waals surface area contributed by atoms with Gasteiger partial charge in [0, 0.05) is 0 Å². The molecular formula is C8H18N2. The van der Waals surface area contributed by atoms with Crippen LogP contribution >= 0.6 is 0 Å². The maximum atomic E-state index is 3.49. The number of hydrogen-bond acceptors (Lipinski definition) is 2. The first-order valence-corrected chi connectivity index (χ1v) is 4.27. The highest BCUT2D eigenvalue weighted by atomic mass is 15.2. The van der Waals surface area contributed by atoms with Crippen molar-refractivity contribution in [1.29, 1.82) is 0 Å². The molecule has 10 heavy (non-hydrogen) atoms. The maximum absolute atomic E-state index is 3.49. The molecule has 2 N–H and O–H groups in total. The number of hydrogen-bond donors (Lipinski definition) is 2. The second-order valence-electron chi connectivity index (χ2n) is 3.29. The van der Waals surface area contributed by atoms with Crippen molar-refractivity contribution < 1.29 is 0 Å². The standard InChI is InChI=1S/C8H18N2/c1-3-5-8(2)9-6-4-7-10-8/h9-10H,3-7H2,1-2H3. The van der Waals surface area contributed by atoms with E-state index in [1.54, 1.807) is 0 Å². The zero-order valence-corrected chi connectivity index (χ0v) is 7.04. The minimum absolute atomic E-state index is 0.229. The van der Waals surface area contributed by atoms with Gasteiger partial charge in [0.15, 0.2) is 0 Å². The van der Waals surface area contributed by atoms with E-state index in [2.05, 4.69) is 24.5 Å². The highest BCUT2D eigenvalue weighted by molar-refractivity contribution is 4.83. The first-order chi connectivity index (χ1) is 4.77. The van der Waals surface area contributed by atoms with Crippen molar-refractivity contribution in [3.8, 4) is 0 Å². The van der Waals surface area contributed by atoms with E-state index in [4.69, 9.17) is 0 Å². The van der Waals surface area contributed by atoms with Crippen LogP contribution in [0.3, 0.4) is 0 Å². The largest absolute Gasteiger partial charge is 0.300 e. The van der Waals surface area contributed by atoms with Crippen LogP contribution in [-0.4, -0.2) is 18.8 Å². The van der Waals surface area contributed by atoms with E-state index in [1.165, 1.54) is 32.4 Å². The zero-order valence-electron chi connectivity index (χ0n) is 7.04. The predicted molar refractivity (Wildman–Crippen MR) is 43.9 cm³/mol. The fraction of sp³-hybridized carbons (Fsp3) is 1.00. The van der Waals surface area contributed by atoms with Crippen LogP contribution in [-0.2, 0) is 0 Å². The summed E-state index contributed by atoms with van der Waals surface area (Å²) >= 11 is 0. The van der Waals surface area contributed by atoms with Gasteiger partial charge in [0.1, 0.15) is 0 Å². The van der Waals surface area contributed by atoms with Crippen LogP contribution in [0, 0.1) is 0 Å². The average Bonchev–Trinajstić information content (AvgIpc) is 1.89. The fourth-order valence-electron chi connectivity index (χ4n) is 1.56. The summed E-state index contributed by atoms with van der Waals surface area (Å²) in [5.41, 5.74) is 0.229. The Morgan fingerprint density at radius 3 is 2.40 bits per heavy atom. The summed E-state index contributed by atoms with van der Waals surface area (Å²) in [7, 11) is 0. The monoisotopic (exact) mass is 142 g/mol. The lowest BCUT2D eigenvalue weighted by Gasteiger charge is -2.36. The summed E-state index contributed by atoms with van der Waals surface area (Å²) in [4.78, 5) is 0. The first-order valence-electron chi connectivity index (χ1n) is 4.27. The van der Waals surface area contributed by atoms with E-state index in [-0.39, 0.29) is 5.66 Å². The summed E-state index contributed by atoms with van der Waals surface area (Å²) in [5.74, 6) is 0. The van der Waals surface area contributed by atoms with Crippen LogP contribution in [0.25, 0.3) is 0 Å². The second-order valence-corrected chi connectivity index (χ2v) is 3.29. The highest BCUT2D eigenvalue weighted by Gasteiger charge is 2.23. The van der Waals surface area contributed by atoms with Crippen LogP contribution in [0.2, 0.25) is 0 Å². The third-order valence-electron chi connectivity index (χ3n) is 2.13. The zero-order chi connectivity index (χ0) is 7.45. The van der Waals surface area contributed by atoms with Crippen molar-refractivity contribution in [2.75, 3.05) is 13.1 Å². The van der Waals surface area contributed by atoms with Gasteiger partial charge in [-0.1, -0.05) is 13.3 Å². The average molecular weight is 142 g/mol. The van der Waals surface area contributed by atoms with Crippen LogP contribution in [0.5, 0.6) is 0 Å². The van der Waals surface area contributed by atoms with Crippen molar-refractivity contribution in [1.82, 2.24) is 10.6 Å². The van der Waals surface area contributed by atoms with Gasteiger partial charge in [0.2, 0.25) is 0 Å². The molecule has 0 unspecified atom stereocenters. The van der Waals surface area contributed by atoms with E-state index in [1.807, 2.05) is 0 Å². The van der Waals surface area contributed by atoms with Crippen LogP contribution < -0.4 is 10.6 Å². The number of rotatable bonds is 2. The molecule has 1 rings (SSSR count). The van der Waals surface area contributed by atoms with E-state index >= 15 is 0 Å². The van der Waals surface area contributed by atoms with Gasteiger partial charge in [0.25, 0.3) is 0 Å². The summed E-state index contributed by atoms with van der Waals surface area (Å²) in [5, 5.41) is 6.97. The van der Waals surface area contributed by atoms with E-state index in [0.717, 1.165) is 0 Å². The van der Waals surface area contributed by atoms with Gasteiger partial charge in [-0.25, -0.2) is 0 Å². The van der Waals surface area contributed by atoms with E-state index in [0.29, 0.717) is 0 Å². The van der Waals surface area contributed by atoms with Crippen molar-refractivity contribution in [2.24, 2.45) is 0 Å². The van der Waals surface area contributed by atoms with E-state index < -0.39 is 0 Å². The van der Waals surface area contributed by atoms with Crippen LogP contribution in [0.1, 0.15) is 33.1 Å². The topological polar surface area (TPSA) is 24.1 Å². The Bertz CT molecular complexity index is 89.9. The normalized spacial score (nSPS) is 24.6. The molecule has 60 valence electrons. The summed E-state index contributed by atoms with van der Waals surface area (Å²) in [6.07, 6.45) is 3.74. The molecule has 1 heterocycles. The van der Waals surface area contributed by atoms with Crippen LogP contribution in [0.4, 0.5) is 0 Å². The molecule has 0 aromatic carbocycles. The summed E-state index contributed by atoms with van der Waals surface area (Å²) in [6.45, 7) is 6.81. The Labute approximate surface area is 63.4 Å². The van der Waals surface area contributed by atoms with Gasteiger partial charge in [-0.15, -0.1) is 0 Å². The Morgan fingerprint density at radius 1 is 1.30 bits per heavy atom. The third-order valence-corrected chi connectivity index (χ3v) is 2.13. The lowest BCUT2D eigenvalue weighted by atomic mass is 10.0. The highest BCUT2D eigenvalue weighted by Crippen LogP contribution is 2.10. The molecule has 0 atom stereocenters. The molecule has 1 fully saturated rings. The molecule has 0 radical (unpaired) electrons. The Balaban J connectivity index is 2.32.